The maximum Gasteiger partial charge on any atom is 0.225 e. The molecule has 1 aromatic carbocycles. The van der Waals surface area contributed by atoms with Gasteiger partial charge in [-0.05, 0) is 45.1 Å². The highest BCUT2D eigenvalue weighted by Crippen LogP contribution is 2.14. The third-order valence-electron chi connectivity index (χ3n) is 3.95. The van der Waals surface area contributed by atoms with Crippen LogP contribution in [0.2, 0.25) is 0 Å². The van der Waals surface area contributed by atoms with Gasteiger partial charge in [-0.1, -0.05) is 12.1 Å². The fraction of sp³-hybridized carbons (Fsp3) is 0.500. The highest BCUT2D eigenvalue weighted by atomic mass is 16.1. The monoisotopic (exact) mass is 286 g/mol. The molecule has 0 atom stereocenters. The molecule has 21 heavy (non-hydrogen) atoms. The molecule has 2 N–H and O–H groups in total. The molecule has 0 spiro atoms. The van der Waals surface area contributed by atoms with Crippen molar-refractivity contribution in [3.05, 3.63) is 29.8 Å². The van der Waals surface area contributed by atoms with Crippen LogP contribution in [0.25, 0.3) is 0 Å². The maximum absolute atomic E-state index is 12.0. The van der Waals surface area contributed by atoms with E-state index in [2.05, 4.69) is 28.7 Å². The number of nitrogens with zero attached hydrogens (tertiary/aromatic N) is 2. The molecule has 0 bridgehead atoms. The summed E-state index contributed by atoms with van der Waals surface area (Å²) in [6, 6.07) is 9.72. The Morgan fingerprint density at radius 2 is 2.14 bits per heavy atom. The van der Waals surface area contributed by atoms with E-state index in [-0.39, 0.29) is 5.91 Å². The molecule has 1 aromatic rings. The molecule has 0 aliphatic carbocycles. The van der Waals surface area contributed by atoms with Crippen LogP contribution >= 0.6 is 0 Å². The number of benzene rings is 1. The molecule has 1 heterocycles. The zero-order valence-electron chi connectivity index (χ0n) is 12.4. The van der Waals surface area contributed by atoms with Crippen LogP contribution in [0, 0.1) is 11.3 Å². The lowest BCUT2D eigenvalue weighted by atomic mass is 10.1. The van der Waals surface area contributed by atoms with E-state index in [0.29, 0.717) is 23.7 Å². The number of para-hydroxylation sites is 1. The van der Waals surface area contributed by atoms with Crippen molar-refractivity contribution in [2.24, 2.45) is 0 Å². The van der Waals surface area contributed by atoms with Crippen LogP contribution in [-0.2, 0) is 4.79 Å². The fourth-order valence-electron chi connectivity index (χ4n) is 2.61. The van der Waals surface area contributed by atoms with Crippen LogP contribution in [0.4, 0.5) is 5.69 Å². The zero-order valence-corrected chi connectivity index (χ0v) is 12.4. The Labute approximate surface area is 125 Å². The summed E-state index contributed by atoms with van der Waals surface area (Å²) in [6.45, 7) is 2.85. The molecule has 1 saturated heterocycles. The largest absolute Gasteiger partial charge is 0.325 e. The van der Waals surface area contributed by atoms with Crippen LogP contribution in [-0.4, -0.2) is 43.5 Å². The van der Waals surface area contributed by atoms with E-state index in [4.69, 9.17) is 5.26 Å². The van der Waals surface area contributed by atoms with E-state index in [1.54, 1.807) is 18.2 Å². The van der Waals surface area contributed by atoms with Gasteiger partial charge in [0.05, 0.1) is 11.3 Å². The summed E-state index contributed by atoms with van der Waals surface area (Å²) >= 11 is 0. The summed E-state index contributed by atoms with van der Waals surface area (Å²) in [5, 5.41) is 15.2. The van der Waals surface area contributed by atoms with Crippen molar-refractivity contribution in [2.75, 3.05) is 32.0 Å². The minimum absolute atomic E-state index is 0.0431. The van der Waals surface area contributed by atoms with E-state index in [1.807, 2.05) is 6.07 Å². The second-order valence-electron chi connectivity index (χ2n) is 5.42. The SMILES string of the molecule is CN(CCC(=O)Nc1ccccc1C#N)C1CCNCC1. The van der Waals surface area contributed by atoms with Gasteiger partial charge in [0.25, 0.3) is 0 Å². The first-order chi connectivity index (χ1) is 10.2. The first-order valence-electron chi connectivity index (χ1n) is 7.40. The summed E-state index contributed by atoms with van der Waals surface area (Å²) in [4.78, 5) is 14.3. The smallest absolute Gasteiger partial charge is 0.225 e. The lowest BCUT2D eigenvalue weighted by Gasteiger charge is -2.31. The van der Waals surface area contributed by atoms with Crippen molar-refractivity contribution in [3.63, 3.8) is 0 Å². The minimum Gasteiger partial charge on any atom is -0.325 e. The van der Waals surface area contributed by atoms with Crippen LogP contribution in [0.5, 0.6) is 0 Å². The highest BCUT2D eigenvalue weighted by molar-refractivity contribution is 5.92. The molecule has 2 rings (SSSR count). The van der Waals surface area contributed by atoms with Gasteiger partial charge in [0.2, 0.25) is 5.91 Å². The summed E-state index contributed by atoms with van der Waals surface area (Å²) in [6.07, 6.45) is 2.71. The van der Waals surface area contributed by atoms with Gasteiger partial charge in [0.1, 0.15) is 6.07 Å². The van der Waals surface area contributed by atoms with Gasteiger partial charge in [-0.15, -0.1) is 0 Å². The summed E-state index contributed by atoms with van der Waals surface area (Å²) in [7, 11) is 2.08. The molecule has 1 amide bonds. The van der Waals surface area contributed by atoms with Crippen molar-refractivity contribution < 1.29 is 4.79 Å². The zero-order chi connectivity index (χ0) is 15.1. The molecule has 0 saturated carbocycles. The van der Waals surface area contributed by atoms with E-state index >= 15 is 0 Å². The van der Waals surface area contributed by atoms with Crippen LogP contribution < -0.4 is 10.6 Å². The number of piperidine rings is 1. The highest BCUT2D eigenvalue weighted by Gasteiger charge is 2.18. The number of rotatable bonds is 5. The predicted octanol–water partition coefficient (Wildman–Crippen LogP) is 1.57. The second kappa shape index (κ2) is 7.77. The second-order valence-corrected chi connectivity index (χ2v) is 5.42. The Kier molecular flexibility index (Phi) is 5.73. The quantitative estimate of drug-likeness (QED) is 0.862. The molecule has 1 aliphatic rings. The molecular weight excluding hydrogens is 264 g/mol. The number of carbonyl (C=O) groups excluding carboxylic acids is 1. The molecular formula is C16H22N4O. The molecule has 5 nitrogen and oxygen atoms in total. The lowest BCUT2D eigenvalue weighted by Crippen LogP contribution is -2.42. The van der Waals surface area contributed by atoms with E-state index in [1.165, 1.54) is 0 Å². The average Bonchev–Trinajstić information content (AvgIpc) is 2.54. The van der Waals surface area contributed by atoms with Gasteiger partial charge in [-0.2, -0.15) is 5.26 Å². The Morgan fingerprint density at radius 1 is 1.43 bits per heavy atom. The first kappa shape index (κ1) is 15.5. The summed E-state index contributed by atoms with van der Waals surface area (Å²) in [5.74, 6) is -0.0431. The van der Waals surface area contributed by atoms with Crippen molar-refractivity contribution in [1.82, 2.24) is 10.2 Å². The molecule has 0 unspecified atom stereocenters. The standard InChI is InChI=1S/C16H22N4O/c1-20(14-6-9-18-10-7-14)11-8-16(21)19-15-5-3-2-4-13(15)12-17/h2-5,14,18H,6-11H2,1H3,(H,19,21). The van der Waals surface area contributed by atoms with E-state index in [9.17, 15) is 4.79 Å². The average molecular weight is 286 g/mol. The molecule has 0 aromatic heterocycles. The van der Waals surface area contributed by atoms with Crippen molar-refractivity contribution in [1.29, 1.82) is 5.26 Å². The predicted molar refractivity (Wildman–Crippen MR) is 82.9 cm³/mol. The number of nitriles is 1. The van der Waals surface area contributed by atoms with Crippen molar-refractivity contribution in [3.8, 4) is 6.07 Å². The number of amides is 1. The van der Waals surface area contributed by atoms with Gasteiger partial charge in [0.15, 0.2) is 0 Å². The summed E-state index contributed by atoms with van der Waals surface area (Å²) < 4.78 is 0. The van der Waals surface area contributed by atoms with Crippen LogP contribution in [0.1, 0.15) is 24.8 Å². The van der Waals surface area contributed by atoms with Crippen molar-refractivity contribution in [2.45, 2.75) is 25.3 Å². The van der Waals surface area contributed by atoms with Crippen molar-refractivity contribution >= 4 is 11.6 Å². The van der Waals surface area contributed by atoms with Gasteiger partial charge < -0.3 is 15.5 Å². The topological polar surface area (TPSA) is 68.2 Å². The Morgan fingerprint density at radius 3 is 2.86 bits per heavy atom. The van der Waals surface area contributed by atoms with Gasteiger partial charge in [-0.25, -0.2) is 0 Å². The van der Waals surface area contributed by atoms with E-state index < -0.39 is 0 Å². The normalized spacial score (nSPS) is 15.7. The Bertz CT molecular complexity index is 517. The molecule has 112 valence electrons. The molecule has 1 aliphatic heterocycles. The molecule has 1 fully saturated rings. The number of hydrogen-bond acceptors (Lipinski definition) is 4. The fourth-order valence-corrected chi connectivity index (χ4v) is 2.61. The third kappa shape index (κ3) is 4.55. The van der Waals surface area contributed by atoms with Crippen LogP contribution in [0.3, 0.4) is 0 Å². The molecule has 0 radical (unpaired) electrons. The maximum atomic E-state index is 12.0. The number of nitrogens with one attached hydrogen (secondary N) is 2. The lowest BCUT2D eigenvalue weighted by molar-refractivity contribution is -0.116. The van der Waals surface area contributed by atoms with E-state index in [0.717, 1.165) is 32.5 Å². The number of carbonyl (C=O) groups is 1. The number of anilines is 1. The first-order valence-corrected chi connectivity index (χ1v) is 7.40. The third-order valence-corrected chi connectivity index (χ3v) is 3.95. The minimum atomic E-state index is -0.0431. The summed E-state index contributed by atoms with van der Waals surface area (Å²) in [5.41, 5.74) is 1.09. The van der Waals surface area contributed by atoms with Gasteiger partial charge >= 0.3 is 0 Å². The molecule has 5 heteroatoms. The van der Waals surface area contributed by atoms with Crippen LogP contribution in [0.15, 0.2) is 24.3 Å². The van der Waals surface area contributed by atoms with Gasteiger partial charge in [0, 0.05) is 19.0 Å². The Hall–Kier alpha value is -1.90. The van der Waals surface area contributed by atoms with Gasteiger partial charge in [-0.3, -0.25) is 4.79 Å². The Balaban J connectivity index is 1.80. The number of hydrogen-bond donors (Lipinski definition) is 2.